The van der Waals surface area contributed by atoms with Crippen LogP contribution in [-0.4, -0.2) is 37.3 Å². The number of nitro groups is 1. The van der Waals surface area contributed by atoms with Gasteiger partial charge < -0.3 is 18.9 Å². The molecule has 0 amide bonds. The van der Waals surface area contributed by atoms with Gasteiger partial charge in [-0.1, -0.05) is 0 Å². The summed E-state index contributed by atoms with van der Waals surface area (Å²) in [5.41, 5.74) is -0.615. The maximum atomic E-state index is 12.8. The Hall–Kier alpha value is -3.36. The summed E-state index contributed by atoms with van der Waals surface area (Å²) in [7, 11) is 0. The predicted molar refractivity (Wildman–Crippen MR) is 90.9 cm³/mol. The van der Waals surface area contributed by atoms with Crippen LogP contribution in [0.5, 0.6) is 17.2 Å². The van der Waals surface area contributed by atoms with Crippen molar-refractivity contribution in [1.29, 1.82) is 0 Å². The molecule has 0 saturated carbocycles. The fourth-order valence-corrected chi connectivity index (χ4v) is 2.41. The number of nitro benzene ring substituents is 1. The SMILES string of the molecule is O=C(OCCCOc1ccc(F)cc1)c1cc2c(cc1[N+](=O)[O-])OCCO2. The Morgan fingerprint density at radius 1 is 1.11 bits per heavy atom. The Bertz CT molecular complexity index is 838. The van der Waals surface area contributed by atoms with Gasteiger partial charge in [0.15, 0.2) is 11.5 Å². The molecule has 0 atom stereocenters. The third-order valence-electron chi connectivity index (χ3n) is 3.68. The summed E-state index contributed by atoms with van der Waals surface area (Å²) in [6.07, 6.45) is 0.363. The molecule has 0 aromatic heterocycles. The summed E-state index contributed by atoms with van der Waals surface area (Å²) in [6.45, 7) is 0.815. The molecule has 0 saturated heterocycles. The monoisotopic (exact) mass is 377 g/mol. The molecule has 1 aliphatic rings. The Morgan fingerprint density at radius 2 is 1.78 bits per heavy atom. The molecule has 1 heterocycles. The van der Waals surface area contributed by atoms with E-state index in [0.29, 0.717) is 18.8 Å². The Labute approximate surface area is 153 Å². The van der Waals surface area contributed by atoms with Crippen LogP contribution in [0.4, 0.5) is 10.1 Å². The molecule has 2 aromatic rings. The van der Waals surface area contributed by atoms with E-state index in [1.165, 1.54) is 30.3 Å². The Morgan fingerprint density at radius 3 is 2.44 bits per heavy atom. The van der Waals surface area contributed by atoms with Gasteiger partial charge in [0.05, 0.1) is 24.2 Å². The zero-order valence-electron chi connectivity index (χ0n) is 14.2. The van der Waals surface area contributed by atoms with Crippen molar-refractivity contribution in [1.82, 2.24) is 0 Å². The molecule has 27 heavy (non-hydrogen) atoms. The van der Waals surface area contributed by atoms with E-state index in [0.717, 1.165) is 6.07 Å². The van der Waals surface area contributed by atoms with Crippen LogP contribution >= 0.6 is 0 Å². The van der Waals surface area contributed by atoms with Crippen LogP contribution in [-0.2, 0) is 4.74 Å². The maximum Gasteiger partial charge on any atom is 0.345 e. The molecule has 0 N–H and O–H groups in total. The Kier molecular flexibility index (Phi) is 5.70. The number of carbonyl (C=O) groups is 1. The van der Waals surface area contributed by atoms with Crippen molar-refractivity contribution < 1.29 is 33.1 Å². The second kappa shape index (κ2) is 8.35. The molecule has 9 heteroatoms. The molecule has 0 unspecified atom stereocenters. The summed E-state index contributed by atoms with van der Waals surface area (Å²) in [6, 6.07) is 7.93. The molecule has 0 spiro atoms. The lowest BCUT2D eigenvalue weighted by atomic mass is 10.1. The van der Waals surface area contributed by atoms with Crippen LogP contribution in [0.15, 0.2) is 36.4 Å². The predicted octanol–water partition coefficient (Wildman–Crippen LogP) is 3.13. The van der Waals surface area contributed by atoms with E-state index in [4.69, 9.17) is 18.9 Å². The topological polar surface area (TPSA) is 97.1 Å². The quantitative estimate of drug-likeness (QED) is 0.316. The van der Waals surface area contributed by atoms with Gasteiger partial charge >= 0.3 is 5.97 Å². The van der Waals surface area contributed by atoms with E-state index < -0.39 is 16.6 Å². The first kappa shape index (κ1) is 18.4. The van der Waals surface area contributed by atoms with Gasteiger partial charge in [-0.2, -0.15) is 0 Å². The van der Waals surface area contributed by atoms with Crippen LogP contribution in [0, 0.1) is 15.9 Å². The average molecular weight is 377 g/mol. The number of hydrogen-bond acceptors (Lipinski definition) is 7. The summed E-state index contributed by atoms with van der Waals surface area (Å²) in [4.78, 5) is 22.8. The van der Waals surface area contributed by atoms with Crippen LogP contribution < -0.4 is 14.2 Å². The molecule has 0 aliphatic carbocycles. The lowest BCUT2D eigenvalue weighted by Crippen LogP contribution is -2.17. The number of benzene rings is 2. The van der Waals surface area contributed by atoms with Crippen molar-refractivity contribution in [2.45, 2.75) is 6.42 Å². The van der Waals surface area contributed by atoms with Gasteiger partial charge in [-0.25, -0.2) is 9.18 Å². The highest BCUT2D eigenvalue weighted by atomic mass is 19.1. The molecule has 8 nitrogen and oxygen atoms in total. The number of ether oxygens (including phenoxy) is 4. The van der Waals surface area contributed by atoms with E-state index in [-0.39, 0.29) is 42.7 Å². The molecule has 2 aromatic carbocycles. The van der Waals surface area contributed by atoms with Gasteiger partial charge in [-0.05, 0) is 24.3 Å². The van der Waals surface area contributed by atoms with Crippen molar-refractivity contribution in [3.05, 3.63) is 57.9 Å². The lowest BCUT2D eigenvalue weighted by Gasteiger charge is -2.18. The second-order valence-corrected chi connectivity index (χ2v) is 5.56. The van der Waals surface area contributed by atoms with Crippen molar-refractivity contribution in [3.8, 4) is 17.2 Å². The number of halogens is 1. The smallest absolute Gasteiger partial charge is 0.345 e. The molecule has 3 rings (SSSR count). The first-order chi connectivity index (χ1) is 13.0. The summed E-state index contributed by atoms with van der Waals surface area (Å²) in [5, 5.41) is 11.2. The highest BCUT2D eigenvalue weighted by Gasteiger charge is 2.27. The second-order valence-electron chi connectivity index (χ2n) is 5.56. The molecule has 142 valence electrons. The lowest BCUT2D eigenvalue weighted by molar-refractivity contribution is -0.385. The van der Waals surface area contributed by atoms with Crippen LogP contribution in [0.2, 0.25) is 0 Å². The summed E-state index contributed by atoms with van der Waals surface area (Å²) >= 11 is 0. The fraction of sp³-hybridized carbons (Fsp3) is 0.278. The highest BCUT2D eigenvalue weighted by Crippen LogP contribution is 2.36. The number of nitrogens with zero attached hydrogens (tertiary/aromatic N) is 1. The molecule has 1 aliphatic heterocycles. The highest BCUT2D eigenvalue weighted by molar-refractivity contribution is 5.95. The number of hydrogen-bond donors (Lipinski definition) is 0. The van der Waals surface area contributed by atoms with Gasteiger partial charge in [-0.3, -0.25) is 10.1 Å². The van der Waals surface area contributed by atoms with E-state index in [2.05, 4.69) is 0 Å². The minimum absolute atomic E-state index is 0.00558. The molecule has 0 fully saturated rings. The third kappa shape index (κ3) is 4.63. The average Bonchev–Trinajstić information content (AvgIpc) is 2.68. The zero-order chi connectivity index (χ0) is 19.2. The number of carbonyl (C=O) groups excluding carboxylic acids is 1. The number of fused-ring (bicyclic) bond motifs is 1. The largest absolute Gasteiger partial charge is 0.493 e. The van der Waals surface area contributed by atoms with Gasteiger partial charge in [0, 0.05) is 12.5 Å². The van der Waals surface area contributed by atoms with E-state index >= 15 is 0 Å². The first-order valence-corrected chi connectivity index (χ1v) is 8.18. The van der Waals surface area contributed by atoms with E-state index in [1.807, 2.05) is 0 Å². The summed E-state index contributed by atoms with van der Waals surface area (Å²) < 4.78 is 33.9. The molecular weight excluding hydrogens is 361 g/mol. The maximum absolute atomic E-state index is 12.8. The molecule has 0 bridgehead atoms. The minimum Gasteiger partial charge on any atom is -0.493 e. The molecular formula is C18H16FNO7. The van der Waals surface area contributed by atoms with Crippen LogP contribution in [0.3, 0.4) is 0 Å². The first-order valence-electron chi connectivity index (χ1n) is 8.18. The van der Waals surface area contributed by atoms with Crippen LogP contribution in [0.1, 0.15) is 16.8 Å². The van der Waals surface area contributed by atoms with Crippen molar-refractivity contribution in [3.63, 3.8) is 0 Å². The Balaban J connectivity index is 1.55. The number of esters is 1. The van der Waals surface area contributed by atoms with Gasteiger partial charge in [0.2, 0.25) is 0 Å². The van der Waals surface area contributed by atoms with Crippen molar-refractivity contribution in [2.24, 2.45) is 0 Å². The van der Waals surface area contributed by atoms with Crippen molar-refractivity contribution in [2.75, 3.05) is 26.4 Å². The van der Waals surface area contributed by atoms with Crippen LogP contribution in [0.25, 0.3) is 0 Å². The third-order valence-corrected chi connectivity index (χ3v) is 3.68. The zero-order valence-corrected chi connectivity index (χ0v) is 14.2. The minimum atomic E-state index is -0.833. The fourth-order valence-electron chi connectivity index (χ4n) is 2.41. The standard InChI is InChI=1S/C18H16FNO7/c19-12-2-4-13(5-3-12)24-6-1-7-27-18(21)14-10-16-17(26-9-8-25-16)11-15(14)20(22)23/h2-5,10-11H,1,6-9H2. The van der Waals surface area contributed by atoms with Gasteiger partial charge in [0.25, 0.3) is 5.69 Å². The molecule has 0 radical (unpaired) electrons. The number of rotatable bonds is 7. The normalized spacial score (nSPS) is 12.3. The van der Waals surface area contributed by atoms with Gasteiger partial charge in [-0.15, -0.1) is 0 Å². The van der Waals surface area contributed by atoms with E-state index in [9.17, 15) is 19.3 Å². The summed E-state index contributed by atoms with van der Waals surface area (Å²) in [5.74, 6) is -0.224. The van der Waals surface area contributed by atoms with E-state index in [1.54, 1.807) is 0 Å². The van der Waals surface area contributed by atoms with Crippen molar-refractivity contribution >= 4 is 11.7 Å². The van der Waals surface area contributed by atoms with Gasteiger partial charge in [0.1, 0.15) is 30.3 Å².